The van der Waals surface area contributed by atoms with Crippen LogP contribution in [0, 0.1) is 0 Å². The number of nitrogens with one attached hydrogen (secondary N) is 1. The molecule has 0 aliphatic rings. The third kappa shape index (κ3) is 10.3. The number of rotatable bonds is 10. The Bertz CT molecular complexity index is 1430. The number of aliphatic hydroxyl groups is 1. The highest BCUT2D eigenvalue weighted by atomic mass is 16.3. The van der Waals surface area contributed by atoms with Gasteiger partial charge in [0.25, 0.3) is 5.91 Å². The number of benzene rings is 4. The Morgan fingerprint density at radius 2 is 1.46 bits per heavy atom. The molecule has 0 aliphatic heterocycles. The van der Waals surface area contributed by atoms with Crippen LogP contribution in [0.3, 0.4) is 0 Å². The summed E-state index contributed by atoms with van der Waals surface area (Å²) < 4.78 is 0. The van der Waals surface area contributed by atoms with Gasteiger partial charge in [-0.1, -0.05) is 84.9 Å². The molecule has 0 fully saturated rings. The first-order valence-corrected chi connectivity index (χ1v) is 14.2. The highest BCUT2D eigenvalue weighted by molar-refractivity contribution is 5.99. The van der Waals surface area contributed by atoms with E-state index in [0.717, 1.165) is 40.2 Å². The second-order valence-electron chi connectivity index (χ2n) is 12.4. The molecule has 1 unspecified atom stereocenters. The maximum atomic E-state index is 13.2. The maximum absolute atomic E-state index is 13.2. The van der Waals surface area contributed by atoms with Crippen LogP contribution < -0.4 is 11.1 Å². The lowest BCUT2D eigenvalue weighted by atomic mass is 9.92. The molecule has 1 atom stereocenters. The number of carbonyl (C=O) groups is 2. The second-order valence-corrected chi connectivity index (χ2v) is 12.4. The Morgan fingerprint density at radius 3 is 2.15 bits per heavy atom. The molecule has 216 valence electrons. The lowest BCUT2D eigenvalue weighted by molar-refractivity contribution is 0.0910. The van der Waals surface area contributed by atoms with Gasteiger partial charge in [-0.05, 0) is 93.8 Å². The van der Waals surface area contributed by atoms with Gasteiger partial charge in [-0.2, -0.15) is 0 Å². The van der Waals surface area contributed by atoms with Gasteiger partial charge in [0, 0.05) is 22.2 Å². The highest BCUT2D eigenvalue weighted by Gasteiger charge is 2.23. The third-order valence-electron chi connectivity index (χ3n) is 6.58. The van der Waals surface area contributed by atoms with Gasteiger partial charge in [-0.25, -0.2) is 0 Å². The van der Waals surface area contributed by atoms with Gasteiger partial charge >= 0.3 is 0 Å². The Morgan fingerprint density at radius 1 is 0.854 bits per heavy atom. The van der Waals surface area contributed by atoms with E-state index in [9.17, 15) is 14.7 Å². The predicted molar refractivity (Wildman–Crippen MR) is 169 cm³/mol. The van der Waals surface area contributed by atoms with Gasteiger partial charge in [-0.15, -0.1) is 0 Å². The number of carbonyl (C=O) groups excluding carboxylic acids is 2. The normalized spacial score (nSPS) is 12.3. The lowest BCUT2D eigenvalue weighted by Gasteiger charge is -2.27. The Kier molecular flexibility index (Phi) is 11.0. The minimum absolute atomic E-state index is 0. The summed E-state index contributed by atoms with van der Waals surface area (Å²) in [5, 5.41) is 16.0. The standard InChI is InChI=1S/C32H33NO3.C4H11N/c1-32(2,21-23-10-4-3-5-11-23)33-31(36)29-15-9-7-13-26(29)20-27(35)19-18-25-17-16-24-12-6-8-14-28(24)30(25)22-34;1-4(2,3)5/h3-17,22,27,35H,18-21H2,1-2H3,(H,33,36);5H2,1-3H3. The number of aliphatic hydroxyl groups excluding tert-OH is 1. The van der Waals surface area contributed by atoms with Crippen LogP contribution in [0.15, 0.2) is 91.0 Å². The van der Waals surface area contributed by atoms with E-state index in [0.29, 0.717) is 30.4 Å². The Balaban J connectivity index is 0.000000850. The minimum Gasteiger partial charge on any atom is -0.393 e. The summed E-state index contributed by atoms with van der Waals surface area (Å²) in [5.74, 6) is -0.142. The van der Waals surface area contributed by atoms with Crippen LogP contribution in [0.5, 0.6) is 0 Å². The zero-order chi connectivity index (χ0) is 30.0. The third-order valence-corrected chi connectivity index (χ3v) is 6.58. The summed E-state index contributed by atoms with van der Waals surface area (Å²) in [7, 11) is 0. The first-order valence-electron chi connectivity index (χ1n) is 14.2. The highest BCUT2D eigenvalue weighted by Crippen LogP contribution is 2.23. The summed E-state index contributed by atoms with van der Waals surface area (Å²) in [6.45, 7) is 9.93. The molecule has 0 bridgehead atoms. The first-order chi connectivity index (χ1) is 19.4. The van der Waals surface area contributed by atoms with Crippen molar-refractivity contribution in [2.24, 2.45) is 5.73 Å². The lowest BCUT2D eigenvalue weighted by Crippen LogP contribution is -2.45. The van der Waals surface area contributed by atoms with Crippen molar-refractivity contribution in [2.45, 2.75) is 77.5 Å². The Labute approximate surface area is 244 Å². The number of nitrogens with two attached hydrogens (primary N) is 1. The number of fused-ring (bicyclic) bond motifs is 1. The van der Waals surface area contributed by atoms with E-state index in [-0.39, 0.29) is 11.4 Å². The molecule has 0 spiro atoms. The maximum Gasteiger partial charge on any atom is 0.251 e. The molecule has 0 aliphatic carbocycles. The molecule has 0 saturated carbocycles. The number of amides is 1. The van der Waals surface area contributed by atoms with Crippen molar-refractivity contribution in [3.63, 3.8) is 0 Å². The molecular weight excluding hydrogens is 508 g/mol. The summed E-state index contributed by atoms with van der Waals surface area (Å²) in [6, 6.07) is 29.4. The zero-order valence-corrected chi connectivity index (χ0v) is 25.0. The van der Waals surface area contributed by atoms with E-state index >= 15 is 0 Å². The summed E-state index contributed by atoms with van der Waals surface area (Å²) in [4.78, 5) is 25.0. The van der Waals surface area contributed by atoms with Crippen molar-refractivity contribution in [3.05, 3.63) is 119 Å². The van der Waals surface area contributed by atoms with Crippen molar-refractivity contribution in [3.8, 4) is 0 Å². The van der Waals surface area contributed by atoms with E-state index in [1.807, 2.05) is 113 Å². The molecule has 0 saturated heterocycles. The van der Waals surface area contributed by atoms with Gasteiger partial charge in [0.2, 0.25) is 0 Å². The van der Waals surface area contributed by atoms with Gasteiger partial charge in [0.05, 0.1) is 6.10 Å². The molecule has 4 N–H and O–H groups in total. The Hall–Kier alpha value is -3.80. The van der Waals surface area contributed by atoms with Crippen molar-refractivity contribution < 1.29 is 14.7 Å². The van der Waals surface area contributed by atoms with Crippen LogP contribution in [0.4, 0.5) is 0 Å². The molecule has 4 aromatic carbocycles. The van der Waals surface area contributed by atoms with Crippen molar-refractivity contribution in [1.82, 2.24) is 5.32 Å². The zero-order valence-electron chi connectivity index (χ0n) is 25.0. The van der Waals surface area contributed by atoms with Crippen LogP contribution >= 0.6 is 0 Å². The van der Waals surface area contributed by atoms with Crippen molar-refractivity contribution in [2.75, 3.05) is 0 Å². The van der Waals surface area contributed by atoms with Crippen molar-refractivity contribution >= 4 is 23.0 Å². The van der Waals surface area contributed by atoms with Gasteiger partial charge in [-0.3, -0.25) is 9.59 Å². The average Bonchev–Trinajstić information content (AvgIpc) is 2.91. The van der Waals surface area contributed by atoms with Gasteiger partial charge in [0.1, 0.15) is 0 Å². The fourth-order valence-electron chi connectivity index (χ4n) is 4.82. The molecule has 41 heavy (non-hydrogen) atoms. The largest absolute Gasteiger partial charge is 0.393 e. The molecule has 0 heterocycles. The van der Waals surface area contributed by atoms with Crippen molar-refractivity contribution in [1.29, 1.82) is 0 Å². The van der Waals surface area contributed by atoms with Gasteiger partial charge in [0.15, 0.2) is 6.29 Å². The van der Waals surface area contributed by atoms with E-state index in [4.69, 9.17) is 5.73 Å². The van der Waals surface area contributed by atoms with E-state index in [1.165, 1.54) is 0 Å². The fourth-order valence-corrected chi connectivity index (χ4v) is 4.82. The molecule has 4 aromatic rings. The molecule has 5 nitrogen and oxygen atoms in total. The number of hydrogen-bond donors (Lipinski definition) is 3. The smallest absolute Gasteiger partial charge is 0.251 e. The monoisotopic (exact) mass is 552 g/mol. The fraction of sp³-hybridized carbons (Fsp3) is 0.333. The number of aldehydes is 1. The molecule has 5 heteroatoms. The van der Waals surface area contributed by atoms with Crippen LogP contribution in [0.1, 0.15) is 78.4 Å². The summed E-state index contributed by atoms with van der Waals surface area (Å²) in [5.41, 5.74) is 9.09. The summed E-state index contributed by atoms with van der Waals surface area (Å²) >= 11 is 0. The SMILES string of the molecule is CC(C)(C)N.CC(C)(Cc1ccccc1)NC(=O)c1ccccc1CC(O)CCc1ccc2ccccc2c1C=O. The van der Waals surface area contributed by atoms with E-state index < -0.39 is 11.6 Å². The van der Waals surface area contributed by atoms with Crippen LogP contribution in [0.25, 0.3) is 10.8 Å². The number of aryl methyl sites for hydroxylation is 1. The van der Waals surface area contributed by atoms with Crippen LogP contribution in [-0.2, 0) is 19.3 Å². The summed E-state index contributed by atoms with van der Waals surface area (Å²) in [6.07, 6.45) is 2.43. The number of hydrogen-bond acceptors (Lipinski definition) is 4. The quantitative estimate of drug-likeness (QED) is 0.191. The second kappa shape index (κ2) is 14.2. The van der Waals surface area contributed by atoms with Crippen LogP contribution in [-0.4, -0.2) is 34.5 Å². The predicted octanol–water partition coefficient (Wildman–Crippen LogP) is 6.68. The molecular formula is C36H44N2O3. The molecule has 0 radical (unpaired) electrons. The molecule has 1 amide bonds. The van der Waals surface area contributed by atoms with E-state index in [1.54, 1.807) is 0 Å². The molecule has 0 aromatic heterocycles. The average molecular weight is 553 g/mol. The van der Waals surface area contributed by atoms with Gasteiger partial charge < -0.3 is 16.2 Å². The molecule has 4 rings (SSSR count). The topological polar surface area (TPSA) is 92.4 Å². The first kappa shape index (κ1) is 31.7. The van der Waals surface area contributed by atoms with Crippen LogP contribution in [0.2, 0.25) is 0 Å². The minimum atomic E-state index is -0.637. The van der Waals surface area contributed by atoms with E-state index in [2.05, 4.69) is 17.4 Å².